The van der Waals surface area contributed by atoms with Gasteiger partial charge in [-0.1, -0.05) is 11.8 Å². The van der Waals surface area contributed by atoms with E-state index in [4.69, 9.17) is 9.47 Å². The fourth-order valence-electron chi connectivity index (χ4n) is 2.28. The van der Waals surface area contributed by atoms with Gasteiger partial charge in [-0.2, -0.15) is 0 Å². The summed E-state index contributed by atoms with van der Waals surface area (Å²) in [5.41, 5.74) is 0.581. The van der Waals surface area contributed by atoms with E-state index in [1.165, 1.54) is 11.8 Å². The van der Waals surface area contributed by atoms with Gasteiger partial charge in [0.05, 0.1) is 25.2 Å². The maximum absolute atomic E-state index is 12.5. The van der Waals surface area contributed by atoms with Crippen LogP contribution < -0.4 is 14.8 Å². The number of rotatable bonds is 7. The molecule has 2 aromatic rings. The predicted molar refractivity (Wildman–Crippen MR) is 91.8 cm³/mol. The minimum Gasteiger partial charge on any atom is -0.497 e. The number of hydrogen-bond donors (Lipinski definition) is 1. The van der Waals surface area contributed by atoms with Crippen molar-refractivity contribution in [1.82, 2.24) is 14.8 Å². The second-order valence-corrected chi connectivity index (χ2v) is 6.88. The molecule has 7 nitrogen and oxygen atoms in total. The lowest BCUT2D eigenvalue weighted by atomic mass is 10.2. The molecule has 1 heterocycles. The normalized spacial score (nSPS) is 15.0. The highest BCUT2D eigenvalue weighted by Gasteiger charge is 2.28. The van der Waals surface area contributed by atoms with Crippen molar-refractivity contribution >= 4 is 23.4 Å². The maximum Gasteiger partial charge on any atom is 0.237 e. The molecule has 1 atom stereocenters. The van der Waals surface area contributed by atoms with Crippen molar-refractivity contribution in [1.29, 1.82) is 0 Å². The van der Waals surface area contributed by atoms with Crippen molar-refractivity contribution in [3.05, 3.63) is 24.5 Å². The van der Waals surface area contributed by atoms with Gasteiger partial charge < -0.3 is 19.4 Å². The van der Waals surface area contributed by atoms with Crippen LogP contribution in [0.3, 0.4) is 0 Å². The first-order valence-electron chi connectivity index (χ1n) is 7.71. The van der Waals surface area contributed by atoms with Crippen molar-refractivity contribution in [2.75, 3.05) is 19.5 Å². The van der Waals surface area contributed by atoms with Crippen molar-refractivity contribution < 1.29 is 14.3 Å². The molecule has 0 radical (unpaired) electrons. The molecule has 0 saturated heterocycles. The zero-order valence-corrected chi connectivity index (χ0v) is 14.7. The quantitative estimate of drug-likeness (QED) is 0.775. The average molecular weight is 348 g/mol. The number of carbonyl (C=O) groups excluding carboxylic acids is 1. The summed E-state index contributed by atoms with van der Waals surface area (Å²) in [6.45, 7) is 1.85. The van der Waals surface area contributed by atoms with E-state index in [2.05, 4.69) is 15.5 Å². The van der Waals surface area contributed by atoms with Crippen molar-refractivity contribution in [3.63, 3.8) is 0 Å². The lowest BCUT2D eigenvalue weighted by molar-refractivity contribution is -0.115. The Morgan fingerprint density at radius 3 is 2.83 bits per heavy atom. The van der Waals surface area contributed by atoms with Crippen molar-refractivity contribution in [3.8, 4) is 11.5 Å². The van der Waals surface area contributed by atoms with Gasteiger partial charge in [0.1, 0.15) is 17.8 Å². The van der Waals surface area contributed by atoms with Crippen LogP contribution in [0.15, 0.2) is 29.7 Å². The molecule has 8 heteroatoms. The molecule has 0 spiro atoms. The highest BCUT2D eigenvalue weighted by Crippen LogP contribution is 2.38. The van der Waals surface area contributed by atoms with E-state index in [-0.39, 0.29) is 11.2 Å². The Labute approximate surface area is 144 Å². The zero-order chi connectivity index (χ0) is 17.1. The summed E-state index contributed by atoms with van der Waals surface area (Å²) in [6.07, 6.45) is 4.02. The topological polar surface area (TPSA) is 78.3 Å². The lowest BCUT2D eigenvalue weighted by Crippen LogP contribution is -2.23. The largest absolute Gasteiger partial charge is 0.497 e. The zero-order valence-electron chi connectivity index (χ0n) is 13.9. The number of hydrogen-bond acceptors (Lipinski definition) is 6. The smallest absolute Gasteiger partial charge is 0.237 e. The van der Waals surface area contributed by atoms with E-state index >= 15 is 0 Å². The molecule has 0 unspecified atom stereocenters. The molecule has 1 amide bonds. The summed E-state index contributed by atoms with van der Waals surface area (Å²) in [5.74, 6) is 1.11. The molecule has 0 aliphatic heterocycles. The first-order valence-corrected chi connectivity index (χ1v) is 8.59. The number of nitrogens with one attached hydrogen (secondary N) is 1. The molecule has 1 aliphatic rings. The van der Waals surface area contributed by atoms with Gasteiger partial charge in [0, 0.05) is 12.1 Å². The summed E-state index contributed by atoms with van der Waals surface area (Å²) in [5, 5.41) is 11.4. The summed E-state index contributed by atoms with van der Waals surface area (Å²) in [6, 6.07) is 5.76. The number of methoxy groups -OCH3 is 2. The van der Waals surface area contributed by atoms with Crippen molar-refractivity contribution in [2.24, 2.45) is 0 Å². The van der Waals surface area contributed by atoms with Crippen LogP contribution in [0.4, 0.5) is 5.69 Å². The Morgan fingerprint density at radius 1 is 1.38 bits per heavy atom. The molecule has 1 aromatic carbocycles. The van der Waals surface area contributed by atoms with Gasteiger partial charge in [-0.15, -0.1) is 10.2 Å². The minimum absolute atomic E-state index is 0.128. The van der Waals surface area contributed by atoms with Crippen LogP contribution in [0, 0.1) is 0 Å². The van der Waals surface area contributed by atoms with Gasteiger partial charge in [0.2, 0.25) is 5.91 Å². The molecule has 1 aromatic heterocycles. The Bertz CT molecular complexity index is 730. The third-order valence-corrected chi connectivity index (χ3v) is 4.87. The fraction of sp³-hybridized carbons (Fsp3) is 0.438. The fourth-order valence-corrected chi connectivity index (χ4v) is 3.17. The Balaban J connectivity index is 1.68. The standard InChI is InChI=1S/C16H20N4O3S/c1-10(24-16-19-17-9-20(16)11-4-5-11)15(21)18-13-8-12(22-2)6-7-14(13)23-3/h6-11H,4-5H2,1-3H3,(H,18,21)/t10-/m0/s1. The van der Waals surface area contributed by atoms with Crippen LogP contribution >= 0.6 is 11.8 Å². The molecule has 128 valence electrons. The Hall–Kier alpha value is -2.22. The van der Waals surface area contributed by atoms with Crippen LogP contribution in [0.5, 0.6) is 11.5 Å². The van der Waals surface area contributed by atoms with Gasteiger partial charge >= 0.3 is 0 Å². The van der Waals surface area contributed by atoms with Gasteiger partial charge in [-0.25, -0.2) is 0 Å². The second kappa shape index (κ2) is 7.12. The molecule has 1 fully saturated rings. The Morgan fingerprint density at radius 2 is 2.17 bits per heavy atom. The van der Waals surface area contributed by atoms with E-state index in [0.717, 1.165) is 18.0 Å². The van der Waals surface area contributed by atoms with E-state index < -0.39 is 0 Å². The van der Waals surface area contributed by atoms with E-state index in [1.807, 2.05) is 11.5 Å². The predicted octanol–water partition coefficient (Wildman–Crippen LogP) is 2.75. The maximum atomic E-state index is 12.5. The van der Waals surface area contributed by atoms with Crippen molar-refractivity contribution in [2.45, 2.75) is 36.2 Å². The first-order chi connectivity index (χ1) is 11.6. The summed E-state index contributed by atoms with van der Waals surface area (Å²) >= 11 is 1.40. The van der Waals surface area contributed by atoms with Crippen LogP contribution in [0.25, 0.3) is 0 Å². The number of anilines is 1. The number of aromatic nitrogens is 3. The highest BCUT2D eigenvalue weighted by atomic mass is 32.2. The number of benzene rings is 1. The summed E-state index contributed by atoms with van der Waals surface area (Å²) < 4.78 is 12.5. The average Bonchev–Trinajstić information content (AvgIpc) is 3.34. The summed E-state index contributed by atoms with van der Waals surface area (Å²) in [4.78, 5) is 12.5. The van der Waals surface area contributed by atoms with E-state index in [1.54, 1.807) is 38.7 Å². The van der Waals surface area contributed by atoms with Gasteiger partial charge in [0.25, 0.3) is 0 Å². The number of carbonyl (C=O) groups is 1. The number of nitrogens with zero attached hydrogens (tertiary/aromatic N) is 3. The monoisotopic (exact) mass is 348 g/mol. The van der Waals surface area contributed by atoms with E-state index in [0.29, 0.717) is 23.2 Å². The molecular formula is C16H20N4O3S. The molecule has 1 saturated carbocycles. The van der Waals surface area contributed by atoms with Crippen LogP contribution in [0.1, 0.15) is 25.8 Å². The Kier molecular flexibility index (Phi) is 4.94. The molecule has 1 aliphatic carbocycles. The molecular weight excluding hydrogens is 328 g/mol. The lowest BCUT2D eigenvalue weighted by Gasteiger charge is -2.15. The molecule has 0 bridgehead atoms. The summed E-state index contributed by atoms with van der Waals surface area (Å²) in [7, 11) is 3.14. The van der Waals surface area contributed by atoms with Gasteiger partial charge in [-0.05, 0) is 31.9 Å². The first kappa shape index (κ1) is 16.6. The molecule has 1 N–H and O–H groups in total. The molecule has 24 heavy (non-hydrogen) atoms. The number of thioether (sulfide) groups is 1. The minimum atomic E-state index is -0.317. The van der Waals surface area contributed by atoms with E-state index in [9.17, 15) is 4.79 Å². The van der Waals surface area contributed by atoms with Crippen LogP contribution in [0.2, 0.25) is 0 Å². The highest BCUT2D eigenvalue weighted by molar-refractivity contribution is 8.00. The number of ether oxygens (including phenoxy) is 2. The third kappa shape index (κ3) is 3.64. The van der Waals surface area contributed by atoms with Crippen LogP contribution in [-0.4, -0.2) is 40.1 Å². The van der Waals surface area contributed by atoms with Gasteiger partial charge in [-0.3, -0.25) is 4.79 Å². The third-order valence-electron chi connectivity index (χ3n) is 3.80. The number of amides is 1. The SMILES string of the molecule is COc1ccc(OC)c(NC(=O)[C@H](C)Sc2nncn2C2CC2)c1. The van der Waals surface area contributed by atoms with Crippen LogP contribution in [-0.2, 0) is 4.79 Å². The van der Waals surface area contributed by atoms with Gasteiger partial charge in [0.15, 0.2) is 5.16 Å². The molecule has 3 rings (SSSR count). The second-order valence-electron chi connectivity index (χ2n) is 5.57.